The summed E-state index contributed by atoms with van der Waals surface area (Å²) in [6.07, 6.45) is 2.83. The highest BCUT2D eigenvalue weighted by molar-refractivity contribution is 7.11. The zero-order valence-corrected chi connectivity index (χ0v) is 13.2. The summed E-state index contributed by atoms with van der Waals surface area (Å²) in [6.45, 7) is 0.731. The molecule has 0 bridgehead atoms. The Kier molecular flexibility index (Phi) is 6.44. The average molecular weight is 317 g/mol. The van der Waals surface area contributed by atoms with Crippen LogP contribution in [0.3, 0.4) is 0 Å². The number of rotatable bonds is 8. The number of carbonyl (C=O) groups excluding carboxylic acids is 1. The van der Waals surface area contributed by atoms with Crippen LogP contribution < -0.4 is 15.5 Å². The summed E-state index contributed by atoms with van der Waals surface area (Å²) in [5, 5.41) is 9.15. The summed E-state index contributed by atoms with van der Waals surface area (Å²) < 4.78 is 5.10. The van der Waals surface area contributed by atoms with E-state index in [4.69, 9.17) is 4.74 Å². The minimum atomic E-state index is -0.0793. The fraction of sp³-hybridized carbons (Fsp3) is 0.250. The van der Waals surface area contributed by atoms with Crippen molar-refractivity contribution in [1.29, 1.82) is 0 Å². The molecule has 0 unspecified atom stereocenters. The number of hydrogen-bond donors (Lipinski definition) is 2. The molecule has 22 heavy (non-hydrogen) atoms. The first-order chi connectivity index (χ1) is 10.8. The summed E-state index contributed by atoms with van der Waals surface area (Å²) in [5.41, 5.74) is 3.54. The van der Waals surface area contributed by atoms with Crippen molar-refractivity contribution in [2.75, 3.05) is 19.0 Å². The summed E-state index contributed by atoms with van der Waals surface area (Å²) in [6, 6.07) is 11.6. The van der Waals surface area contributed by atoms with Gasteiger partial charge in [0.25, 0.3) is 0 Å². The first-order valence-corrected chi connectivity index (χ1v) is 7.89. The summed E-state index contributed by atoms with van der Waals surface area (Å²) >= 11 is 1.58. The number of benzene rings is 1. The number of hydrogen-bond acceptors (Lipinski definition) is 5. The van der Waals surface area contributed by atoms with Crippen molar-refractivity contribution in [3.05, 3.63) is 46.7 Å². The van der Waals surface area contributed by atoms with E-state index in [0.29, 0.717) is 6.42 Å². The van der Waals surface area contributed by atoms with E-state index >= 15 is 0 Å². The van der Waals surface area contributed by atoms with Gasteiger partial charge in [0, 0.05) is 23.5 Å². The van der Waals surface area contributed by atoms with Crippen LogP contribution in [0.5, 0.6) is 5.75 Å². The van der Waals surface area contributed by atoms with Gasteiger partial charge in [0.05, 0.1) is 13.3 Å². The van der Waals surface area contributed by atoms with Crippen molar-refractivity contribution >= 4 is 29.1 Å². The molecule has 0 saturated carbocycles. The largest absolute Gasteiger partial charge is 0.497 e. The lowest BCUT2D eigenvalue weighted by Crippen LogP contribution is -2.18. The zero-order chi connectivity index (χ0) is 15.6. The Hall–Kier alpha value is -2.34. The summed E-state index contributed by atoms with van der Waals surface area (Å²) in [7, 11) is 1.64. The van der Waals surface area contributed by atoms with Gasteiger partial charge < -0.3 is 10.1 Å². The number of amides is 1. The molecular formula is C16H19N3O2S. The molecule has 0 aliphatic heterocycles. The van der Waals surface area contributed by atoms with Gasteiger partial charge in [0.1, 0.15) is 5.75 Å². The van der Waals surface area contributed by atoms with E-state index in [2.05, 4.69) is 15.8 Å². The zero-order valence-electron chi connectivity index (χ0n) is 12.4. The first-order valence-electron chi connectivity index (χ1n) is 7.01. The van der Waals surface area contributed by atoms with Gasteiger partial charge in [-0.05, 0) is 42.1 Å². The number of ether oxygens (including phenoxy) is 1. The van der Waals surface area contributed by atoms with Crippen LogP contribution in [0, 0.1) is 0 Å². The highest BCUT2D eigenvalue weighted by Gasteiger charge is 1.99. The number of nitrogens with one attached hydrogen (secondary N) is 2. The second kappa shape index (κ2) is 8.84. The SMILES string of the molecule is COc1ccc(NCCCC(=O)NN=Cc2cccs2)cc1. The Bertz CT molecular complexity index is 594. The Morgan fingerprint density at radius 2 is 2.14 bits per heavy atom. The van der Waals surface area contributed by atoms with Gasteiger partial charge in [-0.25, -0.2) is 5.43 Å². The molecule has 1 aromatic heterocycles. The number of nitrogens with zero attached hydrogens (tertiary/aromatic N) is 1. The van der Waals surface area contributed by atoms with E-state index < -0.39 is 0 Å². The molecule has 0 atom stereocenters. The van der Waals surface area contributed by atoms with E-state index in [1.807, 2.05) is 41.8 Å². The quantitative estimate of drug-likeness (QED) is 0.447. The lowest BCUT2D eigenvalue weighted by atomic mass is 10.2. The van der Waals surface area contributed by atoms with E-state index in [1.165, 1.54) is 0 Å². The Labute approximate surface area is 134 Å². The Morgan fingerprint density at radius 1 is 1.32 bits per heavy atom. The van der Waals surface area contributed by atoms with Crippen LogP contribution >= 0.6 is 11.3 Å². The molecule has 2 rings (SSSR count). The van der Waals surface area contributed by atoms with Crippen LogP contribution in [0.2, 0.25) is 0 Å². The molecule has 116 valence electrons. The van der Waals surface area contributed by atoms with Crippen LogP contribution in [0.1, 0.15) is 17.7 Å². The molecule has 0 saturated heterocycles. The standard InChI is InChI=1S/C16H19N3O2S/c1-21-14-8-6-13(7-9-14)17-10-2-5-16(20)19-18-12-15-4-3-11-22-15/h3-4,6-9,11-12,17H,2,5,10H2,1H3,(H,19,20). The van der Waals surface area contributed by atoms with Crippen LogP contribution in [0.25, 0.3) is 0 Å². The number of carbonyl (C=O) groups is 1. The molecule has 0 aliphatic rings. The van der Waals surface area contributed by atoms with Gasteiger partial charge in [-0.15, -0.1) is 11.3 Å². The fourth-order valence-electron chi connectivity index (χ4n) is 1.78. The first kappa shape index (κ1) is 16.0. The summed E-state index contributed by atoms with van der Waals surface area (Å²) in [4.78, 5) is 12.6. The second-order valence-electron chi connectivity index (χ2n) is 4.57. The number of methoxy groups -OCH3 is 1. The third-order valence-corrected chi connectivity index (χ3v) is 3.73. The average Bonchev–Trinajstić information content (AvgIpc) is 3.05. The third kappa shape index (κ3) is 5.57. The summed E-state index contributed by atoms with van der Waals surface area (Å²) in [5.74, 6) is 0.748. The highest BCUT2D eigenvalue weighted by atomic mass is 32.1. The smallest absolute Gasteiger partial charge is 0.240 e. The van der Waals surface area contributed by atoms with Crippen LogP contribution in [0.15, 0.2) is 46.9 Å². The van der Waals surface area contributed by atoms with Gasteiger partial charge in [-0.1, -0.05) is 6.07 Å². The molecule has 2 aromatic rings. The molecule has 0 spiro atoms. The Balaban J connectivity index is 1.60. The van der Waals surface area contributed by atoms with Crippen molar-refractivity contribution in [2.45, 2.75) is 12.8 Å². The van der Waals surface area contributed by atoms with Gasteiger partial charge in [0.2, 0.25) is 5.91 Å². The molecule has 1 heterocycles. The molecule has 1 aromatic carbocycles. The Morgan fingerprint density at radius 3 is 2.82 bits per heavy atom. The van der Waals surface area contributed by atoms with Crippen molar-refractivity contribution in [3.63, 3.8) is 0 Å². The van der Waals surface area contributed by atoms with Crippen molar-refractivity contribution in [3.8, 4) is 5.75 Å². The second-order valence-corrected chi connectivity index (χ2v) is 5.55. The maximum atomic E-state index is 11.6. The molecule has 1 amide bonds. The van der Waals surface area contributed by atoms with E-state index in [-0.39, 0.29) is 5.91 Å². The maximum absolute atomic E-state index is 11.6. The van der Waals surface area contributed by atoms with Gasteiger partial charge in [-0.3, -0.25) is 4.79 Å². The molecular weight excluding hydrogens is 298 g/mol. The number of thiophene rings is 1. The van der Waals surface area contributed by atoms with Gasteiger partial charge in [-0.2, -0.15) is 5.10 Å². The van der Waals surface area contributed by atoms with Crippen LogP contribution in [-0.4, -0.2) is 25.8 Å². The molecule has 0 fully saturated rings. The van der Waals surface area contributed by atoms with Crippen LogP contribution in [0.4, 0.5) is 5.69 Å². The van der Waals surface area contributed by atoms with E-state index in [0.717, 1.165) is 29.3 Å². The van der Waals surface area contributed by atoms with Crippen molar-refractivity contribution < 1.29 is 9.53 Å². The molecule has 0 radical (unpaired) electrons. The van der Waals surface area contributed by atoms with E-state index in [9.17, 15) is 4.79 Å². The highest BCUT2D eigenvalue weighted by Crippen LogP contribution is 2.14. The van der Waals surface area contributed by atoms with Gasteiger partial charge in [0.15, 0.2) is 0 Å². The molecule has 0 aliphatic carbocycles. The third-order valence-electron chi connectivity index (χ3n) is 2.92. The number of hydrazone groups is 1. The molecule has 2 N–H and O–H groups in total. The monoisotopic (exact) mass is 317 g/mol. The van der Waals surface area contributed by atoms with E-state index in [1.54, 1.807) is 24.7 Å². The normalized spacial score (nSPS) is 10.6. The van der Waals surface area contributed by atoms with Crippen molar-refractivity contribution in [2.24, 2.45) is 5.10 Å². The fourth-order valence-corrected chi connectivity index (χ4v) is 2.36. The molecule has 5 nitrogen and oxygen atoms in total. The lowest BCUT2D eigenvalue weighted by Gasteiger charge is -2.06. The number of anilines is 1. The topological polar surface area (TPSA) is 62.7 Å². The lowest BCUT2D eigenvalue weighted by molar-refractivity contribution is -0.121. The molecule has 6 heteroatoms. The predicted molar refractivity (Wildman–Crippen MR) is 90.8 cm³/mol. The predicted octanol–water partition coefficient (Wildman–Crippen LogP) is 3.10. The maximum Gasteiger partial charge on any atom is 0.240 e. The van der Waals surface area contributed by atoms with Crippen molar-refractivity contribution in [1.82, 2.24) is 5.43 Å². The van der Waals surface area contributed by atoms with Crippen LogP contribution in [-0.2, 0) is 4.79 Å². The minimum Gasteiger partial charge on any atom is -0.497 e. The van der Waals surface area contributed by atoms with Gasteiger partial charge >= 0.3 is 0 Å². The minimum absolute atomic E-state index is 0.0793.